The minimum absolute atomic E-state index is 0.0959. The maximum absolute atomic E-state index is 3.12. The molecule has 0 aliphatic heterocycles. The summed E-state index contributed by atoms with van der Waals surface area (Å²) < 4.78 is 0. The number of rotatable bonds is 4. The van der Waals surface area contributed by atoms with Crippen molar-refractivity contribution in [1.29, 1.82) is 0 Å². The molecule has 0 aromatic rings. The third kappa shape index (κ3) is 10.1. The van der Waals surface area contributed by atoms with E-state index in [-0.39, 0.29) is 15.8 Å². The Hall–Kier alpha value is 0.140. The van der Waals surface area contributed by atoms with Crippen LogP contribution in [0.4, 0.5) is 0 Å². The summed E-state index contributed by atoms with van der Waals surface area (Å²) in [5.74, 6) is 4.40. The van der Waals surface area contributed by atoms with Gasteiger partial charge in [0.1, 0.15) is 0 Å². The van der Waals surface area contributed by atoms with Crippen LogP contribution in [0.15, 0.2) is 24.0 Å². The second-order valence-corrected chi connectivity index (χ2v) is 7.18. The van der Waals surface area contributed by atoms with Crippen molar-refractivity contribution in [3.63, 3.8) is 0 Å². The van der Waals surface area contributed by atoms with Gasteiger partial charge >= 0.3 is 0 Å². The van der Waals surface area contributed by atoms with E-state index in [1.807, 2.05) is 12.4 Å². The Balaban J connectivity index is 3.41. The van der Waals surface area contributed by atoms with E-state index in [9.17, 15) is 0 Å². The van der Waals surface area contributed by atoms with Crippen molar-refractivity contribution in [2.45, 2.75) is 0 Å². The fourth-order valence-corrected chi connectivity index (χ4v) is 1.21. The van der Waals surface area contributed by atoms with Gasteiger partial charge in [-0.15, -0.1) is 0 Å². The van der Waals surface area contributed by atoms with Crippen molar-refractivity contribution in [1.82, 2.24) is 5.32 Å². The number of hydrogen-bond donors (Lipinski definition) is 1. The van der Waals surface area contributed by atoms with Gasteiger partial charge < -0.3 is 5.32 Å². The molecule has 0 rings (SSSR count). The summed E-state index contributed by atoms with van der Waals surface area (Å²) in [6.07, 6.45) is 4.03. The quantitative estimate of drug-likeness (QED) is 0.670. The molecule has 0 saturated heterocycles. The van der Waals surface area contributed by atoms with Gasteiger partial charge in [-0.25, -0.2) is 0 Å². The Kier molecular flexibility index (Phi) is 6.91. The fraction of sp³-hybridized carbons (Fsp3) is 0.500. The molecule has 0 saturated carbocycles. The third-order valence-corrected chi connectivity index (χ3v) is 2.43. The molecule has 0 unspecified atom stereocenters. The number of nitrogens with one attached hydrogen (secondary N) is 1. The summed E-state index contributed by atoms with van der Waals surface area (Å²) in [4.78, 5) is 0. The molecule has 1 nitrogen and oxygen atoms in total. The van der Waals surface area contributed by atoms with E-state index in [1.54, 1.807) is 0 Å². The molecular formula is C8H17NP2. The van der Waals surface area contributed by atoms with E-state index >= 15 is 0 Å². The standard InChI is InChI=1S/C8H17NP2/c1-10(2)7-5-9-6-8-11(3)4/h5-9H,1-4H3/b7-5-,8-6-. The van der Waals surface area contributed by atoms with Crippen LogP contribution in [0.3, 0.4) is 0 Å². The van der Waals surface area contributed by atoms with Gasteiger partial charge in [0.25, 0.3) is 0 Å². The van der Waals surface area contributed by atoms with Gasteiger partial charge in [-0.3, -0.25) is 0 Å². The van der Waals surface area contributed by atoms with Crippen LogP contribution in [0.2, 0.25) is 0 Å². The van der Waals surface area contributed by atoms with Crippen molar-refractivity contribution >= 4 is 15.8 Å². The number of hydrogen-bond acceptors (Lipinski definition) is 1. The van der Waals surface area contributed by atoms with Crippen LogP contribution in [-0.4, -0.2) is 26.7 Å². The predicted octanol–water partition coefficient (Wildman–Crippen LogP) is 3.00. The fourth-order valence-electron chi connectivity index (χ4n) is 0.440. The molecule has 0 aromatic heterocycles. The maximum Gasteiger partial charge on any atom is 0.000911 e. The lowest BCUT2D eigenvalue weighted by molar-refractivity contribution is 1.21. The van der Waals surface area contributed by atoms with Crippen molar-refractivity contribution in [2.24, 2.45) is 0 Å². The van der Waals surface area contributed by atoms with E-state index in [0.29, 0.717) is 0 Å². The van der Waals surface area contributed by atoms with Crippen LogP contribution in [0.25, 0.3) is 0 Å². The Morgan fingerprint density at radius 3 is 1.45 bits per heavy atom. The summed E-state index contributed by atoms with van der Waals surface area (Å²) in [6.45, 7) is 8.90. The SMILES string of the molecule is CP(C)/C=C\N/C=C\P(C)C. The maximum atomic E-state index is 3.12. The molecule has 0 aliphatic carbocycles. The summed E-state index contributed by atoms with van der Waals surface area (Å²) in [5, 5.41) is 3.12. The Labute approximate surface area is 72.5 Å². The molecule has 0 fully saturated rings. The van der Waals surface area contributed by atoms with Crippen LogP contribution >= 0.6 is 15.8 Å². The molecule has 0 atom stereocenters. The lowest BCUT2D eigenvalue weighted by Gasteiger charge is -1.96. The Bertz CT molecular complexity index is 123. The highest BCUT2D eigenvalue weighted by Gasteiger charge is 1.80. The third-order valence-electron chi connectivity index (χ3n) is 0.938. The first-order chi connectivity index (χ1) is 5.13. The van der Waals surface area contributed by atoms with E-state index in [1.165, 1.54) is 0 Å². The predicted molar refractivity (Wildman–Crippen MR) is 59.0 cm³/mol. The molecule has 3 heteroatoms. The molecule has 0 radical (unpaired) electrons. The van der Waals surface area contributed by atoms with Crippen LogP contribution in [0.1, 0.15) is 0 Å². The summed E-state index contributed by atoms with van der Waals surface area (Å²) in [6, 6.07) is 0. The van der Waals surface area contributed by atoms with Crippen molar-refractivity contribution in [3.8, 4) is 0 Å². The lowest BCUT2D eigenvalue weighted by atomic mass is 10.9. The zero-order valence-electron chi connectivity index (χ0n) is 7.70. The van der Waals surface area contributed by atoms with Crippen LogP contribution in [0, 0.1) is 0 Å². The first-order valence-electron chi connectivity index (χ1n) is 3.55. The van der Waals surface area contributed by atoms with Gasteiger partial charge in [0.05, 0.1) is 0 Å². The Morgan fingerprint density at radius 2 is 1.18 bits per heavy atom. The molecule has 0 bridgehead atoms. The van der Waals surface area contributed by atoms with E-state index in [4.69, 9.17) is 0 Å². The second kappa shape index (κ2) is 6.83. The average molecular weight is 189 g/mol. The molecular weight excluding hydrogens is 172 g/mol. The molecule has 0 amide bonds. The van der Waals surface area contributed by atoms with E-state index in [0.717, 1.165) is 0 Å². The monoisotopic (exact) mass is 189 g/mol. The van der Waals surface area contributed by atoms with Gasteiger partial charge in [0.15, 0.2) is 0 Å². The van der Waals surface area contributed by atoms with Crippen molar-refractivity contribution in [2.75, 3.05) is 26.7 Å². The van der Waals surface area contributed by atoms with E-state index in [2.05, 4.69) is 43.6 Å². The van der Waals surface area contributed by atoms with Gasteiger partial charge in [-0.05, 0) is 38.3 Å². The summed E-state index contributed by atoms with van der Waals surface area (Å²) in [5.41, 5.74) is 0. The van der Waals surface area contributed by atoms with E-state index < -0.39 is 0 Å². The summed E-state index contributed by atoms with van der Waals surface area (Å²) in [7, 11) is 0.192. The molecule has 11 heavy (non-hydrogen) atoms. The highest BCUT2D eigenvalue weighted by molar-refractivity contribution is 7.59. The molecule has 1 N–H and O–H groups in total. The minimum Gasteiger partial charge on any atom is -0.368 e. The van der Waals surface area contributed by atoms with Crippen LogP contribution in [0.5, 0.6) is 0 Å². The van der Waals surface area contributed by atoms with Gasteiger partial charge in [-0.1, -0.05) is 15.8 Å². The van der Waals surface area contributed by atoms with Crippen molar-refractivity contribution in [3.05, 3.63) is 24.0 Å². The first-order valence-corrected chi connectivity index (χ1v) is 8.16. The van der Waals surface area contributed by atoms with Crippen molar-refractivity contribution < 1.29 is 0 Å². The van der Waals surface area contributed by atoms with Gasteiger partial charge in [-0.2, -0.15) is 0 Å². The minimum atomic E-state index is 0.0959. The summed E-state index contributed by atoms with van der Waals surface area (Å²) >= 11 is 0. The molecule has 0 aromatic carbocycles. The highest BCUT2D eigenvalue weighted by Crippen LogP contribution is 2.26. The first kappa shape index (κ1) is 11.1. The smallest absolute Gasteiger partial charge is 0.000911 e. The zero-order valence-corrected chi connectivity index (χ0v) is 9.49. The molecule has 0 aliphatic rings. The molecule has 0 spiro atoms. The lowest BCUT2D eigenvalue weighted by Crippen LogP contribution is -1.89. The topological polar surface area (TPSA) is 12.0 Å². The highest BCUT2D eigenvalue weighted by atomic mass is 31.1. The average Bonchev–Trinajstić information content (AvgIpc) is 1.85. The molecule has 64 valence electrons. The largest absolute Gasteiger partial charge is 0.368 e. The normalized spacial score (nSPS) is 12.5. The Morgan fingerprint density at radius 1 is 0.818 bits per heavy atom. The van der Waals surface area contributed by atoms with Gasteiger partial charge in [0.2, 0.25) is 0 Å². The molecule has 0 heterocycles. The zero-order chi connectivity index (χ0) is 8.69. The van der Waals surface area contributed by atoms with Crippen LogP contribution in [-0.2, 0) is 0 Å². The second-order valence-electron chi connectivity index (χ2n) is 2.73. The van der Waals surface area contributed by atoms with Crippen LogP contribution < -0.4 is 5.32 Å². The van der Waals surface area contributed by atoms with Gasteiger partial charge in [0, 0.05) is 12.4 Å².